The van der Waals surface area contributed by atoms with Crippen LogP contribution in [0.15, 0.2) is 59.1 Å². The van der Waals surface area contributed by atoms with Crippen molar-refractivity contribution in [1.82, 2.24) is 15.1 Å². The van der Waals surface area contributed by atoms with Crippen LogP contribution in [0, 0.1) is 13.8 Å². The Kier molecular flexibility index (Phi) is 6.11. The molecule has 0 saturated carbocycles. The highest BCUT2D eigenvalue weighted by Gasteiger charge is 2.18. The fourth-order valence-electron chi connectivity index (χ4n) is 3.31. The molecule has 0 saturated heterocycles. The Labute approximate surface area is 168 Å². The summed E-state index contributed by atoms with van der Waals surface area (Å²) >= 11 is 3.47. The molecule has 0 aliphatic heterocycles. The fraction of sp³-hybridized carbons (Fsp3) is 0.273. The fourth-order valence-corrected chi connectivity index (χ4v) is 3.58. The van der Waals surface area contributed by atoms with Crippen molar-refractivity contribution in [3.63, 3.8) is 0 Å². The lowest BCUT2D eigenvalue weighted by molar-refractivity contribution is -0.121. The first-order valence-corrected chi connectivity index (χ1v) is 9.84. The zero-order chi connectivity index (χ0) is 19.4. The van der Waals surface area contributed by atoms with Gasteiger partial charge in [0.1, 0.15) is 0 Å². The maximum atomic E-state index is 12.7. The largest absolute Gasteiger partial charge is 0.345 e. The second-order valence-electron chi connectivity index (χ2n) is 6.74. The monoisotopic (exact) mass is 425 g/mol. The second-order valence-corrected chi connectivity index (χ2v) is 7.65. The van der Waals surface area contributed by atoms with E-state index in [1.54, 1.807) is 0 Å². The minimum absolute atomic E-state index is 0.0365. The second kappa shape index (κ2) is 8.53. The molecule has 1 heterocycles. The Morgan fingerprint density at radius 2 is 1.70 bits per heavy atom. The van der Waals surface area contributed by atoms with Gasteiger partial charge < -0.3 is 5.32 Å². The van der Waals surface area contributed by atoms with Crippen molar-refractivity contribution >= 4 is 21.8 Å². The van der Waals surface area contributed by atoms with Crippen LogP contribution < -0.4 is 5.32 Å². The standard InChI is InChI=1S/C22H24BrN3O/c1-15-20(16(2)26(3)25-15)13-14-21(27)24-22(17-7-5-4-6-8-17)18-9-11-19(23)12-10-18/h4-12,22H,13-14H2,1-3H3,(H,24,27). The summed E-state index contributed by atoms with van der Waals surface area (Å²) in [6.45, 7) is 4.04. The molecule has 0 aliphatic rings. The molecule has 4 nitrogen and oxygen atoms in total. The van der Waals surface area contributed by atoms with Gasteiger partial charge >= 0.3 is 0 Å². The molecule has 3 rings (SSSR count). The topological polar surface area (TPSA) is 46.9 Å². The quantitative estimate of drug-likeness (QED) is 0.625. The van der Waals surface area contributed by atoms with Crippen LogP contribution >= 0.6 is 15.9 Å². The highest BCUT2D eigenvalue weighted by Crippen LogP contribution is 2.24. The van der Waals surface area contributed by atoms with Gasteiger partial charge in [0.15, 0.2) is 0 Å². The van der Waals surface area contributed by atoms with Gasteiger partial charge in [-0.1, -0.05) is 58.4 Å². The Morgan fingerprint density at radius 1 is 1.07 bits per heavy atom. The minimum atomic E-state index is -0.164. The molecule has 0 fully saturated rings. The first-order chi connectivity index (χ1) is 13.0. The Balaban J connectivity index is 1.75. The molecule has 140 valence electrons. The van der Waals surface area contributed by atoms with Gasteiger partial charge in [-0.25, -0.2) is 0 Å². The number of halogens is 1. The molecule has 2 aromatic carbocycles. The van der Waals surface area contributed by atoms with Gasteiger partial charge in [0, 0.05) is 23.6 Å². The summed E-state index contributed by atoms with van der Waals surface area (Å²) < 4.78 is 2.89. The molecule has 0 spiro atoms. The number of aryl methyl sites for hydroxylation is 2. The van der Waals surface area contributed by atoms with Crippen LogP contribution in [0.2, 0.25) is 0 Å². The van der Waals surface area contributed by atoms with Crippen LogP contribution in [0.3, 0.4) is 0 Å². The smallest absolute Gasteiger partial charge is 0.221 e. The van der Waals surface area contributed by atoms with Crippen molar-refractivity contribution < 1.29 is 4.79 Å². The average molecular weight is 426 g/mol. The third kappa shape index (κ3) is 4.66. The number of hydrogen-bond donors (Lipinski definition) is 1. The predicted octanol–water partition coefficient (Wildman–Crippen LogP) is 4.64. The Bertz CT molecular complexity index is 917. The summed E-state index contributed by atoms with van der Waals surface area (Å²) in [6.07, 6.45) is 1.13. The summed E-state index contributed by atoms with van der Waals surface area (Å²) in [5.41, 5.74) is 5.41. The van der Waals surface area contributed by atoms with E-state index in [1.165, 1.54) is 0 Å². The van der Waals surface area contributed by atoms with Crippen LogP contribution in [0.1, 0.15) is 40.5 Å². The molecule has 0 radical (unpaired) electrons. The SMILES string of the molecule is Cc1nn(C)c(C)c1CCC(=O)NC(c1ccccc1)c1ccc(Br)cc1. The predicted molar refractivity (Wildman–Crippen MR) is 112 cm³/mol. The summed E-state index contributed by atoms with van der Waals surface area (Å²) in [6, 6.07) is 18.0. The van der Waals surface area contributed by atoms with E-state index in [-0.39, 0.29) is 11.9 Å². The van der Waals surface area contributed by atoms with Crippen LogP contribution in [-0.4, -0.2) is 15.7 Å². The molecular weight excluding hydrogens is 402 g/mol. The van der Waals surface area contributed by atoms with E-state index in [0.717, 1.165) is 32.6 Å². The number of benzene rings is 2. The highest BCUT2D eigenvalue weighted by molar-refractivity contribution is 9.10. The summed E-state index contributed by atoms with van der Waals surface area (Å²) in [7, 11) is 1.94. The van der Waals surface area contributed by atoms with Gasteiger partial charge in [0.05, 0.1) is 11.7 Å². The van der Waals surface area contributed by atoms with Crippen LogP contribution in [0.5, 0.6) is 0 Å². The highest BCUT2D eigenvalue weighted by atomic mass is 79.9. The minimum Gasteiger partial charge on any atom is -0.345 e. The summed E-state index contributed by atoms with van der Waals surface area (Å²) in [5, 5.41) is 7.64. The van der Waals surface area contributed by atoms with Gasteiger partial charge in [-0.15, -0.1) is 0 Å². The van der Waals surface area contributed by atoms with Crippen molar-refractivity contribution in [3.8, 4) is 0 Å². The van der Waals surface area contributed by atoms with Gasteiger partial charge in [0.25, 0.3) is 0 Å². The van der Waals surface area contributed by atoms with E-state index in [4.69, 9.17) is 0 Å². The number of carbonyl (C=O) groups excluding carboxylic acids is 1. The number of hydrogen-bond acceptors (Lipinski definition) is 2. The molecule has 1 atom stereocenters. The molecule has 3 aromatic rings. The maximum absolute atomic E-state index is 12.7. The van der Waals surface area contributed by atoms with E-state index in [9.17, 15) is 4.79 Å². The number of carbonyl (C=O) groups is 1. The zero-order valence-corrected chi connectivity index (χ0v) is 17.5. The van der Waals surface area contributed by atoms with Crippen LogP contribution in [-0.2, 0) is 18.3 Å². The van der Waals surface area contributed by atoms with Crippen LogP contribution in [0.4, 0.5) is 0 Å². The third-order valence-electron chi connectivity index (χ3n) is 4.90. The number of nitrogens with zero attached hydrogens (tertiary/aromatic N) is 2. The van der Waals surface area contributed by atoms with Crippen LogP contribution in [0.25, 0.3) is 0 Å². The van der Waals surface area contributed by atoms with Crippen molar-refractivity contribution in [2.24, 2.45) is 7.05 Å². The Hall–Kier alpha value is -2.40. The number of rotatable bonds is 6. The summed E-state index contributed by atoms with van der Waals surface area (Å²) in [5.74, 6) is 0.0365. The van der Waals surface area contributed by atoms with Gasteiger partial charge in [-0.2, -0.15) is 5.10 Å². The number of nitrogens with one attached hydrogen (secondary N) is 1. The molecule has 27 heavy (non-hydrogen) atoms. The lowest BCUT2D eigenvalue weighted by atomic mass is 9.98. The molecule has 1 unspecified atom stereocenters. The first-order valence-electron chi connectivity index (χ1n) is 9.04. The van der Waals surface area contributed by atoms with Crippen molar-refractivity contribution in [2.75, 3.05) is 0 Å². The summed E-state index contributed by atoms with van der Waals surface area (Å²) in [4.78, 5) is 12.7. The molecule has 1 amide bonds. The Morgan fingerprint density at radius 3 is 2.30 bits per heavy atom. The zero-order valence-electron chi connectivity index (χ0n) is 15.9. The van der Waals surface area contributed by atoms with E-state index >= 15 is 0 Å². The lowest BCUT2D eigenvalue weighted by Crippen LogP contribution is -2.29. The molecular formula is C22H24BrN3O. The number of aromatic nitrogens is 2. The molecule has 0 bridgehead atoms. The van der Waals surface area contributed by atoms with E-state index in [1.807, 2.05) is 80.2 Å². The van der Waals surface area contributed by atoms with E-state index < -0.39 is 0 Å². The number of amides is 1. The van der Waals surface area contributed by atoms with Crippen molar-refractivity contribution in [1.29, 1.82) is 0 Å². The van der Waals surface area contributed by atoms with E-state index in [0.29, 0.717) is 12.8 Å². The van der Waals surface area contributed by atoms with Gasteiger partial charge in [-0.3, -0.25) is 9.48 Å². The molecule has 0 aliphatic carbocycles. The third-order valence-corrected chi connectivity index (χ3v) is 5.43. The molecule has 1 N–H and O–H groups in total. The van der Waals surface area contributed by atoms with Gasteiger partial charge in [-0.05, 0) is 49.1 Å². The maximum Gasteiger partial charge on any atom is 0.221 e. The molecule has 1 aromatic heterocycles. The lowest BCUT2D eigenvalue weighted by Gasteiger charge is -2.20. The van der Waals surface area contributed by atoms with Crippen molar-refractivity contribution in [2.45, 2.75) is 32.7 Å². The van der Waals surface area contributed by atoms with Gasteiger partial charge in [0.2, 0.25) is 5.91 Å². The van der Waals surface area contributed by atoms with E-state index in [2.05, 4.69) is 26.3 Å². The molecule has 5 heteroatoms. The normalized spacial score (nSPS) is 12.0. The first kappa shape index (κ1) is 19.4. The average Bonchev–Trinajstić information content (AvgIpc) is 2.91. The van der Waals surface area contributed by atoms with Crippen molar-refractivity contribution in [3.05, 3.63) is 87.1 Å².